The van der Waals surface area contributed by atoms with E-state index in [-0.39, 0.29) is 17.8 Å². The van der Waals surface area contributed by atoms with Gasteiger partial charge in [-0.2, -0.15) is 0 Å². The Labute approximate surface area is 98.8 Å². The van der Waals surface area contributed by atoms with E-state index >= 15 is 0 Å². The Morgan fingerprint density at radius 3 is 2.94 bits per heavy atom. The van der Waals surface area contributed by atoms with Crippen molar-refractivity contribution in [1.82, 2.24) is 4.57 Å². The molecule has 2 atom stereocenters. The number of aromatic nitrogens is 1. The minimum Gasteiger partial charge on any atom is -0.477 e. The van der Waals surface area contributed by atoms with E-state index in [4.69, 9.17) is 21.4 Å². The second-order valence-electron chi connectivity index (χ2n) is 4.08. The van der Waals surface area contributed by atoms with Gasteiger partial charge in [0, 0.05) is 19.3 Å². The molecule has 1 aromatic rings. The summed E-state index contributed by atoms with van der Waals surface area (Å²) in [6, 6.07) is 1.67. The average Bonchev–Trinajstić information content (AvgIpc) is 2.82. The third-order valence-electron chi connectivity index (χ3n) is 3.12. The Bertz CT molecular complexity index is 402. The van der Waals surface area contributed by atoms with E-state index in [9.17, 15) is 4.79 Å². The fourth-order valence-electron chi connectivity index (χ4n) is 2.30. The van der Waals surface area contributed by atoms with Crippen LogP contribution in [0.25, 0.3) is 0 Å². The van der Waals surface area contributed by atoms with Crippen LogP contribution < -0.4 is 0 Å². The van der Waals surface area contributed by atoms with Crippen LogP contribution in [0.2, 0.25) is 5.02 Å². The van der Waals surface area contributed by atoms with Crippen molar-refractivity contribution in [2.24, 2.45) is 0 Å². The number of aromatic carboxylic acids is 1. The first kappa shape index (κ1) is 11.5. The zero-order chi connectivity index (χ0) is 11.7. The highest BCUT2D eigenvalue weighted by molar-refractivity contribution is 6.30. The molecule has 2 rings (SSSR count). The van der Waals surface area contributed by atoms with Gasteiger partial charge in [0.05, 0.1) is 11.1 Å². The van der Waals surface area contributed by atoms with Crippen LogP contribution >= 0.6 is 11.6 Å². The molecule has 1 N–H and O–H groups in total. The van der Waals surface area contributed by atoms with E-state index < -0.39 is 5.97 Å². The summed E-state index contributed by atoms with van der Waals surface area (Å²) >= 11 is 5.84. The highest BCUT2D eigenvalue weighted by atomic mass is 35.5. The second-order valence-corrected chi connectivity index (χ2v) is 4.52. The van der Waals surface area contributed by atoms with Gasteiger partial charge < -0.3 is 14.4 Å². The van der Waals surface area contributed by atoms with Gasteiger partial charge in [0.25, 0.3) is 0 Å². The Morgan fingerprint density at radius 2 is 2.38 bits per heavy atom. The predicted molar refractivity (Wildman–Crippen MR) is 60.1 cm³/mol. The minimum atomic E-state index is -0.937. The molecule has 0 amide bonds. The average molecular weight is 244 g/mol. The SMILES string of the molecule is COC1CCC(n2cc(Cl)cc2C(=O)O)C1. The smallest absolute Gasteiger partial charge is 0.352 e. The Kier molecular flexibility index (Phi) is 3.21. The summed E-state index contributed by atoms with van der Waals surface area (Å²) < 4.78 is 7.03. The lowest BCUT2D eigenvalue weighted by Gasteiger charge is -2.14. The molecule has 2 unspecified atom stereocenters. The number of carboxylic acids is 1. The van der Waals surface area contributed by atoms with Crippen molar-refractivity contribution in [3.05, 3.63) is 23.0 Å². The molecule has 16 heavy (non-hydrogen) atoms. The van der Waals surface area contributed by atoms with Crippen molar-refractivity contribution in [2.45, 2.75) is 31.4 Å². The third kappa shape index (κ3) is 2.08. The Morgan fingerprint density at radius 1 is 1.62 bits per heavy atom. The number of hydrogen-bond donors (Lipinski definition) is 1. The number of hydrogen-bond acceptors (Lipinski definition) is 2. The van der Waals surface area contributed by atoms with Crippen molar-refractivity contribution in [3.8, 4) is 0 Å². The van der Waals surface area contributed by atoms with Crippen molar-refractivity contribution >= 4 is 17.6 Å². The number of carbonyl (C=O) groups is 1. The lowest BCUT2D eigenvalue weighted by Crippen LogP contribution is -2.13. The summed E-state index contributed by atoms with van der Waals surface area (Å²) in [5.41, 5.74) is 0.256. The van der Waals surface area contributed by atoms with E-state index in [1.54, 1.807) is 17.9 Å². The molecule has 1 aromatic heterocycles. The fourth-order valence-corrected chi connectivity index (χ4v) is 2.51. The number of methoxy groups -OCH3 is 1. The molecular formula is C11H14ClNO3. The maximum Gasteiger partial charge on any atom is 0.352 e. The van der Waals surface area contributed by atoms with Crippen LogP contribution in [-0.4, -0.2) is 28.9 Å². The van der Waals surface area contributed by atoms with Gasteiger partial charge in [-0.05, 0) is 25.3 Å². The molecule has 4 nitrogen and oxygen atoms in total. The van der Waals surface area contributed by atoms with Gasteiger partial charge in [-0.25, -0.2) is 4.79 Å². The molecule has 0 spiro atoms. The van der Waals surface area contributed by atoms with Crippen molar-refractivity contribution in [1.29, 1.82) is 0 Å². The standard InChI is InChI=1S/C11H14ClNO3/c1-16-9-3-2-8(5-9)13-6-7(12)4-10(13)11(14)15/h4,6,8-9H,2-3,5H2,1H3,(H,14,15). The number of halogens is 1. The van der Waals surface area contributed by atoms with Crippen LogP contribution in [0.15, 0.2) is 12.3 Å². The molecule has 1 aliphatic rings. The molecular weight excluding hydrogens is 230 g/mol. The second kappa shape index (κ2) is 4.47. The first-order valence-electron chi connectivity index (χ1n) is 5.25. The molecule has 88 valence electrons. The van der Waals surface area contributed by atoms with Gasteiger partial charge in [0.1, 0.15) is 5.69 Å². The van der Waals surface area contributed by atoms with Crippen molar-refractivity contribution in [2.75, 3.05) is 7.11 Å². The van der Waals surface area contributed by atoms with Gasteiger partial charge in [0.15, 0.2) is 0 Å². The van der Waals surface area contributed by atoms with Crippen LogP contribution in [0.3, 0.4) is 0 Å². The summed E-state index contributed by atoms with van der Waals surface area (Å²) in [7, 11) is 1.69. The van der Waals surface area contributed by atoms with E-state index in [1.165, 1.54) is 6.07 Å². The van der Waals surface area contributed by atoms with Crippen molar-refractivity contribution < 1.29 is 14.6 Å². The predicted octanol–water partition coefficient (Wildman–Crippen LogP) is 2.58. The zero-order valence-corrected chi connectivity index (χ0v) is 9.78. The van der Waals surface area contributed by atoms with E-state index in [0.717, 1.165) is 19.3 Å². The molecule has 1 saturated carbocycles. The normalized spacial score (nSPS) is 24.9. The van der Waals surface area contributed by atoms with Gasteiger partial charge >= 0.3 is 5.97 Å². The summed E-state index contributed by atoms with van der Waals surface area (Å²) in [6.07, 6.45) is 4.67. The third-order valence-corrected chi connectivity index (χ3v) is 3.32. The van der Waals surface area contributed by atoms with Gasteiger partial charge in [0.2, 0.25) is 0 Å². The molecule has 0 aromatic carbocycles. The molecule has 0 saturated heterocycles. The highest BCUT2D eigenvalue weighted by Gasteiger charge is 2.28. The van der Waals surface area contributed by atoms with Crippen molar-refractivity contribution in [3.63, 3.8) is 0 Å². The van der Waals surface area contributed by atoms with Gasteiger partial charge in [-0.3, -0.25) is 0 Å². The van der Waals surface area contributed by atoms with Crippen LogP contribution in [0.4, 0.5) is 0 Å². The first-order valence-corrected chi connectivity index (χ1v) is 5.63. The lowest BCUT2D eigenvalue weighted by atomic mass is 10.2. The molecule has 0 radical (unpaired) electrons. The summed E-state index contributed by atoms with van der Waals surface area (Å²) in [4.78, 5) is 11.0. The fraction of sp³-hybridized carbons (Fsp3) is 0.545. The van der Waals surface area contributed by atoms with Gasteiger partial charge in [-0.15, -0.1) is 0 Å². The summed E-state index contributed by atoms with van der Waals surface area (Å²) in [5, 5.41) is 9.52. The summed E-state index contributed by atoms with van der Waals surface area (Å²) in [5.74, 6) is -0.937. The van der Waals surface area contributed by atoms with Crippen LogP contribution in [-0.2, 0) is 4.74 Å². The van der Waals surface area contributed by atoms with Crippen LogP contribution in [0.1, 0.15) is 35.8 Å². The highest BCUT2D eigenvalue weighted by Crippen LogP contribution is 2.34. The van der Waals surface area contributed by atoms with E-state index in [1.807, 2.05) is 0 Å². The maximum absolute atomic E-state index is 11.0. The molecule has 0 aliphatic heterocycles. The topological polar surface area (TPSA) is 51.5 Å². The molecule has 0 bridgehead atoms. The Hall–Kier alpha value is -1.00. The monoisotopic (exact) mass is 243 g/mol. The zero-order valence-electron chi connectivity index (χ0n) is 9.02. The van der Waals surface area contributed by atoms with E-state index in [2.05, 4.69) is 0 Å². The molecule has 5 heteroatoms. The van der Waals surface area contributed by atoms with Crippen LogP contribution in [0.5, 0.6) is 0 Å². The lowest BCUT2D eigenvalue weighted by molar-refractivity contribution is 0.0680. The number of carboxylic acid groups (broad SMARTS) is 1. The van der Waals surface area contributed by atoms with Crippen LogP contribution in [0, 0.1) is 0 Å². The molecule has 1 fully saturated rings. The quantitative estimate of drug-likeness (QED) is 0.888. The minimum absolute atomic E-state index is 0.184. The largest absolute Gasteiger partial charge is 0.477 e. The van der Waals surface area contributed by atoms with E-state index in [0.29, 0.717) is 5.02 Å². The molecule has 1 aliphatic carbocycles. The number of rotatable bonds is 3. The maximum atomic E-state index is 11.0. The Balaban J connectivity index is 2.23. The summed E-state index contributed by atoms with van der Waals surface area (Å²) in [6.45, 7) is 0. The first-order chi connectivity index (χ1) is 7.61. The molecule has 1 heterocycles. The number of nitrogens with zero attached hydrogens (tertiary/aromatic N) is 1. The number of ether oxygens (including phenoxy) is 1. The van der Waals surface area contributed by atoms with Gasteiger partial charge in [-0.1, -0.05) is 11.6 Å².